The SMILES string of the molecule is CC(O)C(C)(C)NCCCC(C)(C)C#N. The van der Waals surface area contributed by atoms with E-state index in [1.807, 2.05) is 27.7 Å². The van der Waals surface area contributed by atoms with E-state index < -0.39 is 0 Å². The van der Waals surface area contributed by atoms with Gasteiger partial charge in [-0.2, -0.15) is 5.26 Å². The van der Waals surface area contributed by atoms with Crippen molar-refractivity contribution >= 4 is 0 Å². The first-order chi connectivity index (χ1) is 6.71. The summed E-state index contributed by atoms with van der Waals surface area (Å²) in [5.74, 6) is 0. The van der Waals surface area contributed by atoms with Crippen molar-refractivity contribution in [1.82, 2.24) is 5.32 Å². The van der Waals surface area contributed by atoms with Crippen LogP contribution in [0.4, 0.5) is 0 Å². The van der Waals surface area contributed by atoms with Gasteiger partial charge in [0.25, 0.3) is 0 Å². The van der Waals surface area contributed by atoms with E-state index in [2.05, 4.69) is 11.4 Å². The monoisotopic (exact) mass is 212 g/mol. The number of nitrogens with zero attached hydrogens (tertiary/aromatic N) is 1. The molecule has 0 aliphatic heterocycles. The molecular formula is C12H24N2O. The first kappa shape index (κ1) is 14.4. The molecule has 0 saturated carbocycles. The highest BCUT2D eigenvalue weighted by molar-refractivity contribution is 4.91. The largest absolute Gasteiger partial charge is 0.392 e. The summed E-state index contributed by atoms with van der Waals surface area (Å²) in [6, 6.07) is 2.28. The zero-order valence-electron chi connectivity index (χ0n) is 10.6. The van der Waals surface area contributed by atoms with Crippen LogP contribution in [0.15, 0.2) is 0 Å². The molecule has 3 nitrogen and oxygen atoms in total. The van der Waals surface area contributed by atoms with Crippen LogP contribution in [0.2, 0.25) is 0 Å². The Kier molecular flexibility index (Phi) is 5.27. The Hall–Kier alpha value is -0.590. The Labute approximate surface area is 93.5 Å². The molecular weight excluding hydrogens is 188 g/mol. The quantitative estimate of drug-likeness (QED) is 0.663. The normalized spacial score (nSPS) is 14.7. The van der Waals surface area contributed by atoms with Crippen molar-refractivity contribution in [3.63, 3.8) is 0 Å². The summed E-state index contributed by atoms with van der Waals surface area (Å²) in [4.78, 5) is 0. The lowest BCUT2D eigenvalue weighted by Crippen LogP contribution is -2.48. The van der Waals surface area contributed by atoms with Crippen molar-refractivity contribution in [2.45, 2.75) is 59.1 Å². The topological polar surface area (TPSA) is 56.0 Å². The van der Waals surface area contributed by atoms with Gasteiger partial charge in [-0.15, -0.1) is 0 Å². The first-order valence-corrected chi connectivity index (χ1v) is 5.55. The highest BCUT2D eigenvalue weighted by Crippen LogP contribution is 2.20. The van der Waals surface area contributed by atoms with Crippen LogP contribution in [0.5, 0.6) is 0 Å². The minimum absolute atomic E-state index is 0.239. The van der Waals surface area contributed by atoms with Gasteiger partial charge in [0.05, 0.1) is 17.6 Å². The van der Waals surface area contributed by atoms with Crippen LogP contribution < -0.4 is 5.32 Å². The smallest absolute Gasteiger partial charge is 0.0688 e. The standard InChI is InChI=1S/C12H24N2O/c1-10(15)12(4,5)14-8-6-7-11(2,3)9-13/h10,14-15H,6-8H2,1-5H3. The fourth-order valence-electron chi connectivity index (χ4n) is 1.14. The minimum Gasteiger partial charge on any atom is -0.392 e. The number of hydrogen-bond acceptors (Lipinski definition) is 3. The van der Waals surface area contributed by atoms with Crippen molar-refractivity contribution in [3.8, 4) is 6.07 Å². The number of aliphatic hydroxyl groups excluding tert-OH is 1. The lowest BCUT2D eigenvalue weighted by atomic mass is 9.89. The Morgan fingerprint density at radius 2 is 1.87 bits per heavy atom. The number of hydrogen-bond donors (Lipinski definition) is 2. The van der Waals surface area contributed by atoms with E-state index in [9.17, 15) is 5.11 Å². The van der Waals surface area contributed by atoms with Gasteiger partial charge < -0.3 is 10.4 Å². The maximum absolute atomic E-state index is 9.47. The van der Waals surface area contributed by atoms with Gasteiger partial charge in [-0.1, -0.05) is 0 Å². The maximum Gasteiger partial charge on any atom is 0.0688 e. The van der Waals surface area contributed by atoms with E-state index in [-0.39, 0.29) is 17.1 Å². The Morgan fingerprint density at radius 1 is 1.33 bits per heavy atom. The van der Waals surface area contributed by atoms with Crippen molar-refractivity contribution in [2.75, 3.05) is 6.54 Å². The fraction of sp³-hybridized carbons (Fsp3) is 0.917. The first-order valence-electron chi connectivity index (χ1n) is 5.55. The second-order valence-electron chi connectivity index (χ2n) is 5.42. The zero-order chi connectivity index (χ0) is 12.1. The molecule has 0 amide bonds. The van der Waals surface area contributed by atoms with Crippen molar-refractivity contribution in [3.05, 3.63) is 0 Å². The Balaban J connectivity index is 3.78. The van der Waals surface area contributed by atoms with Gasteiger partial charge in [-0.25, -0.2) is 0 Å². The highest BCUT2D eigenvalue weighted by Gasteiger charge is 2.23. The molecule has 0 saturated heterocycles. The van der Waals surface area contributed by atoms with E-state index in [0.29, 0.717) is 0 Å². The van der Waals surface area contributed by atoms with Gasteiger partial charge in [-0.05, 0) is 54.0 Å². The van der Waals surface area contributed by atoms with E-state index in [1.54, 1.807) is 6.92 Å². The van der Waals surface area contributed by atoms with E-state index in [4.69, 9.17) is 5.26 Å². The summed E-state index contributed by atoms with van der Waals surface area (Å²) >= 11 is 0. The molecule has 1 atom stereocenters. The molecule has 3 heteroatoms. The molecule has 0 fully saturated rings. The zero-order valence-corrected chi connectivity index (χ0v) is 10.6. The predicted molar refractivity (Wildman–Crippen MR) is 62.4 cm³/mol. The second kappa shape index (κ2) is 5.48. The number of nitrogens with one attached hydrogen (secondary N) is 1. The average molecular weight is 212 g/mol. The van der Waals surface area contributed by atoms with Crippen molar-refractivity contribution in [1.29, 1.82) is 5.26 Å². The third-order valence-corrected chi connectivity index (χ3v) is 2.91. The molecule has 0 radical (unpaired) electrons. The molecule has 1 unspecified atom stereocenters. The lowest BCUT2D eigenvalue weighted by Gasteiger charge is -2.30. The van der Waals surface area contributed by atoms with Gasteiger partial charge in [0.2, 0.25) is 0 Å². The third-order valence-electron chi connectivity index (χ3n) is 2.91. The van der Waals surface area contributed by atoms with Crippen LogP contribution in [0.3, 0.4) is 0 Å². The lowest BCUT2D eigenvalue weighted by molar-refractivity contribution is 0.0962. The summed E-state index contributed by atoms with van der Waals surface area (Å²) in [5, 5.41) is 21.6. The molecule has 0 bridgehead atoms. The maximum atomic E-state index is 9.47. The van der Waals surface area contributed by atoms with Gasteiger partial charge in [0.15, 0.2) is 0 Å². The van der Waals surface area contributed by atoms with Crippen molar-refractivity contribution in [2.24, 2.45) is 5.41 Å². The molecule has 88 valence electrons. The Morgan fingerprint density at radius 3 is 2.27 bits per heavy atom. The van der Waals surface area contributed by atoms with Gasteiger partial charge in [0.1, 0.15) is 0 Å². The molecule has 0 aromatic heterocycles. The molecule has 0 aliphatic rings. The minimum atomic E-state index is -0.374. The average Bonchev–Trinajstić information content (AvgIpc) is 2.12. The van der Waals surface area contributed by atoms with Gasteiger partial charge in [0, 0.05) is 5.54 Å². The summed E-state index contributed by atoms with van der Waals surface area (Å²) in [5.41, 5.74) is -0.493. The van der Waals surface area contributed by atoms with Crippen LogP contribution in [0.25, 0.3) is 0 Å². The van der Waals surface area contributed by atoms with E-state index in [1.165, 1.54) is 0 Å². The van der Waals surface area contributed by atoms with Crippen LogP contribution >= 0.6 is 0 Å². The number of nitriles is 1. The van der Waals surface area contributed by atoms with E-state index >= 15 is 0 Å². The van der Waals surface area contributed by atoms with Gasteiger partial charge in [-0.3, -0.25) is 0 Å². The molecule has 0 aromatic carbocycles. The van der Waals surface area contributed by atoms with Crippen LogP contribution in [-0.2, 0) is 0 Å². The van der Waals surface area contributed by atoms with Crippen LogP contribution in [-0.4, -0.2) is 23.3 Å². The molecule has 0 aliphatic carbocycles. The fourth-order valence-corrected chi connectivity index (χ4v) is 1.14. The van der Waals surface area contributed by atoms with Crippen molar-refractivity contribution < 1.29 is 5.11 Å². The third kappa shape index (κ3) is 5.76. The molecule has 0 rings (SSSR count). The van der Waals surface area contributed by atoms with Crippen LogP contribution in [0.1, 0.15) is 47.5 Å². The summed E-state index contributed by atoms with van der Waals surface area (Å²) in [7, 11) is 0. The Bertz CT molecular complexity index is 226. The van der Waals surface area contributed by atoms with Crippen LogP contribution in [0, 0.1) is 16.7 Å². The second-order valence-corrected chi connectivity index (χ2v) is 5.42. The van der Waals surface area contributed by atoms with E-state index in [0.717, 1.165) is 19.4 Å². The molecule has 0 heterocycles. The van der Waals surface area contributed by atoms with Gasteiger partial charge >= 0.3 is 0 Å². The molecule has 0 aromatic rings. The summed E-state index contributed by atoms with van der Waals surface area (Å²) in [6.07, 6.45) is 1.46. The number of rotatable bonds is 6. The summed E-state index contributed by atoms with van der Waals surface area (Å²) in [6.45, 7) is 10.5. The summed E-state index contributed by atoms with van der Waals surface area (Å²) < 4.78 is 0. The molecule has 2 N–H and O–H groups in total. The molecule has 0 spiro atoms. The number of aliphatic hydroxyl groups is 1. The predicted octanol–water partition coefficient (Wildman–Crippen LogP) is 2.07. The highest BCUT2D eigenvalue weighted by atomic mass is 16.3. The molecule has 15 heavy (non-hydrogen) atoms.